The van der Waals surface area contributed by atoms with Crippen molar-refractivity contribution in [3.05, 3.63) is 92.5 Å². The van der Waals surface area contributed by atoms with Crippen molar-refractivity contribution in [1.82, 2.24) is 9.13 Å². The van der Waals surface area contributed by atoms with E-state index in [2.05, 4.69) is 19.2 Å². The Morgan fingerprint density at radius 2 is 1.83 bits per heavy atom. The third-order valence-electron chi connectivity index (χ3n) is 4.64. The Labute approximate surface area is 167 Å². The highest BCUT2D eigenvalue weighted by Crippen LogP contribution is 2.18. The van der Waals surface area contributed by atoms with Crippen LogP contribution in [0.3, 0.4) is 0 Å². The molecule has 7 heteroatoms. The highest BCUT2D eigenvalue weighted by molar-refractivity contribution is 5.90. The van der Waals surface area contributed by atoms with E-state index in [9.17, 15) is 18.8 Å². The van der Waals surface area contributed by atoms with Crippen LogP contribution in [0.1, 0.15) is 30.9 Å². The largest absolute Gasteiger partial charge is 0.325 e. The molecule has 0 atom stereocenters. The van der Waals surface area contributed by atoms with Gasteiger partial charge in [0.2, 0.25) is 5.91 Å². The summed E-state index contributed by atoms with van der Waals surface area (Å²) in [5, 5.41) is 2.74. The molecule has 6 nitrogen and oxygen atoms in total. The molecule has 3 rings (SSSR count). The van der Waals surface area contributed by atoms with Crippen LogP contribution >= 0.6 is 0 Å². The predicted octanol–water partition coefficient (Wildman–Crippen LogP) is 3.21. The average Bonchev–Trinajstić information content (AvgIpc) is 2.68. The Morgan fingerprint density at radius 1 is 1.07 bits per heavy atom. The molecule has 0 bridgehead atoms. The lowest BCUT2D eigenvalue weighted by molar-refractivity contribution is -0.116. The molecule has 3 aromatic rings. The first-order valence-electron chi connectivity index (χ1n) is 9.24. The highest BCUT2D eigenvalue weighted by Gasteiger charge is 2.12. The molecule has 0 aliphatic heterocycles. The van der Waals surface area contributed by atoms with Gasteiger partial charge in [-0.25, -0.2) is 4.39 Å². The topological polar surface area (TPSA) is 73.1 Å². The number of aromatic nitrogens is 2. The minimum absolute atomic E-state index is 0.286. The molecule has 1 aromatic heterocycles. The molecule has 0 radical (unpaired) electrons. The fourth-order valence-electron chi connectivity index (χ4n) is 3.00. The number of aryl methyl sites for hydroxylation is 1. The number of carbonyl (C=O) groups excluding carboxylic acids is 1. The van der Waals surface area contributed by atoms with Crippen LogP contribution in [0.15, 0.2) is 64.4 Å². The van der Waals surface area contributed by atoms with Crippen molar-refractivity contribution in [3.63, 3.8) is 0 Å². The van der Waals surface area contributed by atoms with Crippen LogP contribution in [0.2, 0.25) is 0 Å². The van der Waals surface area contributed by atoms with Gasteiger partial charge in [-0.1, -0.05) is 32.0 Å². The normalized spacial score (nSPS) is 10.9. The smallest absolute Gasteiger partial charge is 0.320 e. The summed E-state index contributed by atoms with van der Waals surface area (Å²) in [6.07, 6.45) is 2.70. The minimum atomic E-state index is -0.859. The van der Waals surface area contributed by atoms with E-state index in [-0.39, 0.29) is 12.2 Å². The minimum Gasteiger partial charge on any atom is -0.325 e. The summed E-state index contributed by atoms with van der Waals surface area (Å²) in [5.74, 6) is -0.620. The van der Waals surface area contributed by atoms with E-state index < -0.39 is 22.8 Å². The van der Waals surface area contributed by atoms with Crippen molar-refractivity contribution in [2.75, 3.05) is 5.32 Å². The molecule has 150 valence electrons. The Hall–Kier alpha value is -3.48. The fourth-order valence-corrected chi connectivity index (χ4v) is 3.00. The molecule has 2 aromatic carbocycles. The number of anilines is 1. The van der Waals surface area contributed by atoms with Gasteiger partial charge in [0.05, 0.1) is 5.69 Å². The summed E-state index contributed by atoms with van der Waals surface area (Å²) in [6.45, 7) is 5.51. The number of rotatable bonds is 5. The molecule has 0 unspecified atom stereocenters. The molecule has 0 spiro atoms. The number of amides is 1. The first-order chi connectivity index (χ1) is 13.8. The SMILES string of the molecule is Cc1ccc(F)cc1-n1ccn(CC(=O)Nc2cccc(C(C)C)c2)c(=O)c1=O. The molecule has 0 aliphatic carbocycles. The monoisotopic (exact) mass is 395 g/mol. The van der Waals surface area contributed by atoms with E-state index in [4.69, 9.17) is 0 Å². The zero-order valence-corrected chi connectivity index (χ0v) is 16.5. The highest BCUT2D eigenvalue weighted by atomic mass is 19.1. The molecule has 0 saturated heterocycles. The van der Waals surface area contributed by atoms with Crippen molar-refractivity contribution in [3.8, 4) is 5.69 Å². The van der Waals surface area contributed by atoms with Crippen LogP contribution in [0.25, 0.3) is 5.69 Å². The van der Waals surface area contributed by atoms with Crippen molar-refractivity contribution >= 4 is 11.6 Å². The number of benzene rings is 2. The maximum atomic E-state index is 13.5. The number of hydrogen-bond acceptors (Lipinski definition) is 3. The quantitative estimate of drug-likeness (QED) is 0.674. The van der Waals surface area contributed by atoms with Gasteiger partial charge in [0.15, 0.2) is 0 Å². The first kappa shape index (κ1) is 20.3. The lowest BCUT2D eigenvalue weighted by atomic mass is 10.0. The summed E-state index contributed by atoms with van der Waals surface area (Å²) in [6, 6.07) is 11.5. The van der Waals surface area contributed by atoms with Gasteiger partial charge in [0.1, 0.15) is 12.4 Å². The summed E-state index contributed by atoms with van der Waals surface area (Å²) in [7, 11) is 0. The van der Waals surface area contributed by atoms with Crippen molar-refractivity contribution in [2.24, 2.45) is 0 Å². The van der Waals surface area contributed by atoms with Crippen molar-refractivity contribution in [2.45, 2.75) is 33.2 Å². The zero-order chi connectivity index (χ0) is 21.1. The molecule has 1 heterocycles. The summed E-state index contributed by atoms with van der Waals surface area (Å²) < 4.78 is 15.7. The van der Waals surface area contributed by atoms with Crippen LogP contribution in [-0.2, 0) is 11.3 Å². The van der Waals surface area contributed by atoms with Gasteiger partial charge >= 0.3 is 11.1 Å². The summed E-state index contributed by atoms with van der Waals surface area (Å²) in [4.78, 5) is 37.3. The second-order valence-electron chi connectivity index (χ2n) is 7.17. The van der Waals surface area contributed by atoms with E-state index in [1.807, 2.05) is 18.2 Å². The number of hydrogen-bond donors (Lipinski definition) is 1. The van der Waals surface area contributed by atoms with Crippen molar-refractivity contribution < 1.29 is 9.18 Å². The van der Waals surface area contributed by atoms with Crippen LogP contribution in [0, 0.1) is 12.7 Å². The number of nitrogens with one attached hydrogen (secondary N) is 1. The maximum absolute atomic E-state index is 13.5. The first-order valence-corrected chi connectivity index (χ1v) is 9.24. The van der Waals surface area contributed by atoms with E-state index in [0.29, 0.717) is 17.2 Å². The predicted molar refractivity (Wildman–Crippen MR) is 110 cm³/mol. The average molecular weight is 395 g/mol. The van der Waals surface area contributed by atoms with E-state index in [0.717, 1.165) is 14.7 Å². The molecule has 0 aliphatic rings. The summed E-state index contributed by atoms with van der Waals surface area (Å²) in [5.41, 5.74) is 0.923. The Bertz CT molecular complexity index is 1180. The lowest BCUT2D eigenvalue weighted by Crippen LogP contribution is -2.41. The van der Waals surface area contributed by atoms with Gasteiger partial charge in [-0.3, -0.25) is 23.5 Å². The van der Waals surface area contributed by atoms with Gasteiger partial charge in [-0.05, 0) is 48.2 Å². The maximum Gasteiger partial charge on any atom is 0.320 e. The van der Waals surface area contributed by atoms with Gasteiger partial charge in [-0.2, -0.15) is 0 Å². The Balaban J connectivity index is 1.84. The number of halogens is 1. The van der Waals surface area contributed by atoms with Crippen LogP contribution in [0.4, 0.5) is 10.1 Å². The van der Waals surface area contributed by atoms with E-state index >= 15 is 0 Å². The van der Waals surface area contributed by atoms with Crippen LogP contribution in [-0.4, -0.2) is 15.0 Å². The second kappa shape index (κ2) is 8.26. The van der Waals surface area contributed by atoms with Crippen LogP contribution < -0.4 is 16.4 Å². The van der Waals surface area contributed by atoms with E-state index in [1.54, 1.807) is 13.0 Å². The Kier molecular flexibility index (Phi) is 5.77. The van der Waals surface area contributed by atoms with Gasteiger partial charge in [-0.15, -0.1) is 0 Å². The van der Waals surface area contributed by atoms with Crippen molar-refractivity contribution in [1.29, 1.82) is 0 Å². The molecular weight excluding hydrogens is 373 g/mol. The standard InChI is InChI=1S/C22H22FN3O3/c1-14(2)16-5-4-6-18(11-16)24-20(27)13-25-9-10-26(22(29)21(25)28)19-12-17(23)8-7-15(19)3/h4-12,14H,13H2,1-3H3,(H,24,27). The van der Waals surface area contributed by atoms with Gasteiger partial charge in [0.25, 0.3) is 0 Å². The third-order valence-corrected chi connectivity index (χ3v) is 4.64. The zero-order valence-electron chi connectivity index (χ0n) is 16.5. The van der Waals surface area contributed by atoms with Gasteiger partial charge < -0.3 is 5.32 Å². The molecule has 1 N–H and O–H groups in total. The fraction of sp³-hybridized carbons (Fsp3) is 0.227. The van der Waals surface area contributed by atoms with Gasteiger partial charge in [0, 0.05) is 18.1 Å². The molecule has 0 fully saturated rings. The Morgan fingerprint density at radius 3 is 2.55 bits per heavy atom. The number of nitrogens with zero attached hydrogens (tertiary/aromatic N) is 2. The molecular formula is C22H22FN3O3. The summed E-state index contributed by atoms with van der Waals surface area (Å²) >= 11 is 0. The molecule has 1 amide bonds. The number of carbonyl (C=O) groups is 1. The second-order valence-corrected chi connectivity index (χ2v) is 7.17. The van der Waals surface area contributed by atoms with Crippen LogP contribution in [0.5, 0.6) is 0 Å². The third kappa shape index (κ3) is 4.51. The molecule has 29 heavy (non-hydrogen) atoms. The molecule has 0 saturated carbocycles. The van der Waals surface area contributed by atoms with E-state index in [1.165, 1.54) is 30.6 Å². The lowest BCUT2D eigenvalue weighted by Gasteiger charge is -2.12.